The lowest BCUT2D eigenvalue weighted by atomic mass is 10.1. The number of hydrogen-bond acceptors (Lipinski definition) is 6. The summed E-state index contributed by atoms with van der Waals surface area (Å²) in [6, 6.07) is 16.9. The van der Waals surface area contributed by atoms with Crippen LogP contribution in [0.4, 0.5) is 10.5 Å². The number of urea groups is 1. The first kappa shape index (κ1) is 20.8. The number of hydrogen-bond donors (Lipinski definition) is 1. The van der Waals surface area contributed by atoms with Crippen molar-refractivity contribution in [2.75, 3.05) is 12.0 Å². The van der Waals surface area contributed by atoms with Crippen molar-refractivity contribution in [1.29, 1.82) is 0 Å². The molecule has 1 aliphatic heterocycles. The maximum absolute atomic E-state index is 13.0. The summed E-state index contributed by atoms with van der Waals surface area (Å²) in [5.41, 5.74) is 1.64. The molecular formula is C24H19N3O5. The van der Waals surface area contributed by atoms with Gasteiger partial charge in [0.25, 0.3) is 11.8 Å². The summed E-state index contributed by atoms with van der Waals surface area (Å²) < 4.78 is 11.3. The Morgan fingerprint density at radius 1 is 0.969 bits per heavy atom. The molecule has 0 aliphatic carbocycles. The van der Waals surface area contributed by atoms with Crippen LogP contribution in [0.15, 0.2) is 78.6 Å². The van der Waals surface area contributed by atoms with E-state index in [4.69, 9.17) is 9.47 Å². The van der Waals surface area contributed by atoms with E-state index in [0.717, 1.165) is 10.5 Å². The molecule has 32 heavy (non-hydrogen) atoms. The summed E-state index contributed by atoms with van der Waals surface area (Å²) in [6.07, 6.45) is 4.32. The van der Waals surface area contributed by atoms with E-state index in [0.29, 0.717) is 29.4 Å². The third-order valence-corrected chi connectivity index (χ3v) is 4.76. The summed E-state index contributed by atoms with van der Waals surface area (Å²) >= 11 is 0. The second kappa shape index (κ2) is 9.13. The lowest BCUT2D eigenvalue weighted by Gasteiger charge is -2.26. The molecule has 4 amide bonds. The van der Waals surface area contributed by atoms with Crippen LogP contribution in [0.3, 0.4) is 0 Å². The molecule has 0 spiro atoms. The van der Waals surface area contributed by atoms with Gasteiger partial charge in [-0.3, -0.25) is 19.9 Å². The fourth-order valence-corrected chi connectivity index (χ4v) is 3.18. The highest BCUT2D eigenvalue weighted by Gasteiger charge is 2.36. The Bertz CT molecular complexity index is 1190. The summed E-state index contributed by atoms with van der Waals surface area (Å²) in [5, 5.41) is 2.20. The lowest BCUT2D eigenvalue weighted by Crippen LogP contribution is -2.54. The Morgan fingerprint density at radius 2 is 1.72 bits per heavy atom. The van der Waals surface area contributed by atoms with Gasteiger partial charge in [-0.15, -0.1) is 0 Å². The van der Waals surface area contributed by atoms with Gasteiger partial charge in [0.2, 0.25) is 0 Å². The molecule has 0 atom stereocenters. The number of carbonyl (C=O) groups is 3. The predicted molar refractivity (Wildman–Crippen MR) is 117 cm³/mol. The molecule has 0 unspecified atom stereocenters. The average Bonchev–Trinajstić information content (AvgIpc) is 2.82. The third-order valence-electron chi connectivity index (χ3n) is 4.76. The van der Waals surface area contributed by atoms with Crippen molar-refractivity contribution >= 4 is 29.6 Å². The second-order valence-electron chi connectivity index (χ2n) is 6.85. The number of imide groups is 2. The molecule has 2 aromatic carbocycles. The van der Waals surface area contributed by atoms with Gasteiger partial charge in [0.1, 0.15) is 12.2 Å². The number of nitrogens with one attached hydrogen (secondary N) is 1. The van der Waals surface area contributed by atoms with Crippen molar-refractivity contribution in [3.63, 3.8) is 0 Å². The first-order chi connectivity index (χ1) is 15.6. The SMILES string of the molecule is COc1ccc(/C=C2\C(=O)NC(=O)N(c3ccncc3)C2=O)cc1OCc1ccccc1. The molecule has 2 heterocycles. The van der Waals surface area contributed by atoms with Crippen molar-refractivity contribution in [1.82, 2.24) is 10.3 Å². The Morgan fingerprint density at radius 3 is 2.44 bits per heavy atom. The molecular weight excluding hydrogens is 410 g/mol. The molecule has 4 rings (SSSR count). The number of pyridine rings is 1. The minimum absolute atomic E-state index is 0.180. The molecule has 160 valence electrons. The zero-order valence-electron chi connectivity index (χ0n) is 17.1. The second-order valence-corrected chi connectivity index (χ2v) is 6.85. The summed E-state index contributed by atoms with van der Waals surface area (Å²) in [4.78, 5) is 42.4. The van der Waals surface area contributed by atoms with E-state index in [1.165, 1.54) is 37.7 Å². The van der Waals surface area contributed by atoms with E-state index in [2.05, 4.69) is 10.3 Å². The average molecular weight is 429 g/mol. The van der Waals surface area contributed by atoms with Crippen LogP contribution in [-0.2, 0) is 16.2 Å². The summed E-state index contributed by atoms with van der Waals surface area (Å²) in [7, 11) is 1.53. The minimum Gasteiger partial charge on any atom is -0.493 e. The van der Waals surface area contributed by atoms with Gasteiger partial charge in [0.05, 0.1) is 12.8 Å². The third kappa shape index (κ3) is 4.34. The topological polar surface area (TPSA) is 97.8 Å². The molecule has 0 saturated carbocycles. The first-order valence-corrected chi connectivity index (χ1v) is 9.73. The number of nitrogens with zero attached hydrogens (tertiary/aromatic N) is 2. The highest BCUT2D eigenvalue weighted by Crippen LogP contribution is 2.30. The van der Waals surface area contributed by atoms with Gasteiger partial charge in [-0.2, -0.15) is 0 Å². The smallest absolute Gasteiger partial charge is 0.335 e. The van der Waals surface area contributed by atoms with Gasteiger partial charge < -0.3 is 9.47 Å². The predicted octanol–water partition coefficient (Wildman–Crippen LogP) is 3.34. The standard InChI is InChI=1S/C24H19N3O5/c1-31-20-8-7-17(14-21(20)32-15-16-5-3-2-4-6-16)13-19-22(28)26-24(30)27(23(19)29)18-9-11-25-12-10-18/h2-14H,15H2,1H3,(H,26,28,30)/b19-13+. The molecule has 1 saturated heterocycles. The normalized spacial score (nSPS) is 15.0. The maximum atomic E-state index is 13.0. The van der Waals surface area contributed by atoms with Gasteiger partial charge in [-0.05, 0) is 41.5 Å². The van der Waals surface area contributed by atoms with E-state index < -0.39 is 17.8 Å². The van der Waals surface area contributed by atoms with Crippen LogP contribution in [0.25, 0.3) is 6.08 Å². The summed E-state index contributed by atoms with van der Waals surface area (Å²) in [6.45, 7) is 0.320. The van der Waals surface area contributed by atoms with Crippen LogP contribution in [0.5, 0.6) is 11.5 Å². The number of aromatic nitrogens is 1. The Balaban J connectivity index is 1.63. The van der Waals surface area contributed by atoms with Crippen molar-refractivity contribution in [2.45, 2.75) is 6.61 Å². The van der Waals surface area contributed by atoms with Gasteiger partial charge in [-0.25, -0.2) is 9.69 Å². The fraction of sp³-hybridized carbons (Fsp3) is 0.0833. The first-order valence-electron chi connectivity index (χ1n) is 9.73. The van der Waals surface area contributed by atoms with E-state index in [-0.39, 0.29) is 5.57 Å². The van der Waals surface area contributed by atoms with Crippen molar-refractivity contribution in [3.05, 3.63) is 89.8 Å². The molecule has 1 fully saturated rings. The lowest BCUT2D eigenvalue weighted by molar-refractivity contribution is -0.122. The van der Waals surface area contributed by atoms with Gasteiger partial charge in [0, 0.05) is 12.4 Å². The highest BCUT2D eigenvalue weighted by molar-refractivity contribution is 6.39. The molecule has 3 aromatic rings. The Labute approximate surface area is 184 Å². The van der Waals surface area contributed by atoms with Crippen LogP contribution in [-0.4, -0.2) is 29.9 Å². The van der Waals surface area contributed by atoms with Crippen LogP contribution in [0.2, 0.25) is 0 Å². The molecule has 1 N–H and O–H groups in total. The summed E-state index contributed by atoms with van der Waals surface area (Å²) in [5.74, 6) is -0.534. The Hall–Kier alpha value is -4.46. The number of carbonyl (C=O) groups excluding carboxylic acids is 3. The van der Waals surface area contributed by atoms with Crippen LogP contribution < -0.4 is 19.7 Å². The van der Waals surface area contributed by atoms with Crippen LogP contribution in [0, 0.1) is 0 Å². The molecule has 1 aromatic heterocycles. The maximum Gasteiger partial charge on any atom is 0.335 e. The van der Waals surface area contributed by atoms with Crippen molar-refractivity contribution in [3.8, 4) is 11.5 Å². The molecule has 8 nitrogen and oxygen atoms in total. The van der Waals surface area contributed by atoms with Crippen LogP contribution in [0.1, 0.15) is 11.1 Å². The number of rotatable bonds is 6. The molecule has 0 radical (unpaired) electrons. The van der Waals surface area contributed by atoms with Gasteiger partial charge in [-0.1, -0.05) is 36.4 Å². The Kier molecular flexibility index (Phi) is 5.94. The van der Waals surface area contributed by atoms with E-state index in [1.807, 2.05) is 30.3 Å². The minimum atomic E-state index is -0.815. The van der Waals surface area contributed by atoms with Gasteiger partial charge in [0.15, 0.2) is 11.5 Å². The number of benzene rings is 2. The highest BCUT2D eigenvalue weighted by atomic mass is 16.5. The van der Waals surface area contributed by atoms with E-state index >= 15 is 0 Å². The zero-order chi connectivity index (χ0) is 22.5. The molecule has 1 aliphatic rings. The van der Waals surface area contributed by atoms with Gasteiger partial charge >= 0.3 is 6.03 Å². The monoisotopic (exact) mass is 429 g/mol. The number of amides is 4. The number of ether oxygens (including phenoxy) is 2. The van der Waals surface area contributed by atoms with Crippen LogP contribution >= 0.6 is 0 Å². The largest absolute Gasteiger partial charge is 0.493 e. The number of methoxy groups -OCH3 is 1. The van der Waals surface area contributed by atoms with E-state index in [9.17, 15) is 14.4 Å². The van der Waals surface area contributed by atoms with E-state index in [1.54, 1.807) is 18.2 Å². The van der Waals surface area contributed by atoms with Crippen molar-refractivity contribution in [2.24, 2.45) is 0 Å². The molecule has 0 bridgehead atoms. The quantitative estimate of drug-likeness (QED) is 0.477. The molecule has 8 heteroatoms. The number of barbiturate groups is 1. The number of anilines is 1. The van der Waals surface area contributed by atoms with Crippen molar-refractivity contribution < 1.29 is 23.9 Å². The zero-order valence-corrected chi connectivity index (χ0v) is 17.1. The fourth-order valence-electron chi connectivity index (χ4n) is 3.18.